The van der Waals surface area contributed by atoms with Crippen molar-refractivity contribution >= 4 is 22.8 Å². The number of carboxylic acid groups (broad SMARTS) is 2. The van der Waals surface area contributed by atoms with Gasteiger partial charge in [-0.15, -0.1) is 0 Å². The number of fused-ring (bicyclic) bond motifs is 1. The molecule has 0 radical (unpaired) electrons. The predicted octanol–water partition coefficient (Wildman–Crippen LogP) is 2.17. The molecule has 1 aliphatic heterocycles. The lowest BCUT2D eigenvalue weighted by molar-refractivity contribution is -0.134. The van der Waals surface area contributed by atoms with E-state index in [0.717, 1.165) is 18.6 Å². The number of aliphatic carboxylic acids is 2. The van der Waals surface area contributed by atoms with Gasteiger partial charge in [0.25, 0.3) is 0 Å². The van der Waals surface area contributed by atoms with Gasteiger partial charge in [0.15, 0.2) is 0 Å². The zero-order valence-electron chi connectivity index (χ0n) is 14.8. The van der Waals surface area contributed by atoms with Gasteiger partial charge in [0, 0.05) is 42.3 Å². The van der Waals surface area contributed by atoms with Gasteiger partial charge in [-0.05, 0) is 24.7 Å². The number of rotatable bonds is 4. The summed E-state index contributed by atoms with van der Waals surface area (Å²) in [6, 6.07) is 10.5. The minimum Gasteiger partial charge on any atom is -0.478 e. The number of morpholine rings is 1. The average Bonchev–Trinajstić information content (AvgIpc) is 3.09. The van der Waals surface area contributed by atoms with E-state index in [1.807, 2.05) is 12.3 Å². The molecule has 0 unspecified atom stereocenters. The van der Waals surface area contributed by atoms with Crippen molar-refractivity contribution in [1.29, 1.82) is 5.26 Å². The molecule has 1 fully saturated rings. The maximum Gasteiger partial charge on any atom is 0.328 e. The molecule has 0 amide bonds. The third-order valence-corrected chi connectivity index (χ3v) is 4.01. The Hall–Kier alpha value is -3.15. The first-order valence-corrected chi connectivity index (χ1v) is 8.31. The normalized spacial score (nSPS) is 20.0. The van der Waals surface area contributed by atoms with Crippen LogP contribution in [0.3, 0.4) is 0 Å². The number of carboxylic acids is 2. The SMILES string of the molecule is CN1C[C@@H](CC#N)O[C@@H](c2cccc3[nH]ccc23)C1.O=C(O)/C=C/C(=O)O. The number of ether oxygens (including phenoxy) is 1. The lowest BCUT2D eigenvalue weighted by Crippen LogP contribution is -2.41. The molecule has 8 heteroatoms. The number of carbonyl (C=O) groups is 2. The second-order valence-corrected chi connectivity index (χ2v) is 6.13. The van der Waals surface area contributed by atoms with Crippen molar-refractivity contribution in [2.45, 2.75) is 18.6 Å². The number of nitrogens with zero attached hydrogens (tertiary/aromatic N) is 2. The zero-order chi connectivity index (χ0) is 19.8. The molecule has 1 aromatic carbocycles. The molecule has 0 spiro atoms. The molecule has 1 aliphatic rings. The third kappa shape index (κ3) is 5.95. The molecule has 8 nitrogen and oxygen atoms in total. The summed E-state index contributed by atoms with van der Waals surface area (Å²) in [5.41, 5.74) is 2.33. The molecule has 27 heavy (non-hydrogen) atoms. The summed E-state index contributed by atoms with van der Waals surface area (Å²) < 4.78 is 6.08. The Labute approximate surface area is 156 Å². The first kappa shape index (κ1) is 20.2. The summed E-state index contributed by atoms with van der Waals surface area (Å²) in [5, 5.41) is 25.7. The van der Waals surface area contributed by atoms with Gasteiger partial charge in [0.05, 0.1) is 24.7 Å². The first-order chi connectivity index (χ1) is 12.9. The van der Waals surface area contributed by atoms with E-state index in [-0.39, 0.29) is 12.2 Å². The number of nitriles is 1. The van der Waals surface area contributed by atoms with Crippen LogP contribution >= 0.6 is 0 Å². The van der Waals surface area contributed by atoms with Gasteiger partial charge in [0.1, 0.15) is 0 Å². The molecule has 2 heterocycles. The summed E-state index contributed by atoms with van der Waals surface area (Å²) >= 11 is 0. The van der Waals surface area contributed by atoms with Crippen LogP contribution in [-0.4, -0.2) is 58.3 Å². The molecule has 142 valence electrons. The van der Waals surface area contributed by atoms with Crippen molar-refractivity contribution in [3.05, 3.63) is 48.2 Å². The van der Waals surface area contributed by atoms with Crippen LogP contribution in [0.25, 0.3) is 10.9 Å². The van der Waals surface area contributed by atoms with E-state index in [1.165, 1.54) is 10.9 Å². The Kier molecular flexibility index (Phi) is 7.11. The van der Waals surface area contributed by atoms with E-state index in [0.29, 0.717) is 18.6 Å². The molecule has 3 N–H and O–H groups in total. The number of likely N-dealkylation sites (N-methyl/N-ethyl adjacent to an activating group) is 1. The summed E-state index contributed by atoms with van der Waals surface area (Å²) in [5.74, 6) is -2.51. The highest BCUT2D eigenvalue weighted by Gasteiger charge is 2.27. The highest BCUT2D eigenvalue weighted by molar-refractivity contribution is 5.89. The molecule has 0 saturated carbocycles. The van der Waals surface area contributed by atoms with Gasteiger partial charge in [-0.2, -0.15) is 5.26 Å². The molecule has 1 aromatic heterocycles. The molecular formula is C19H21N3O5. The largest absolute Gasteiger partial charge is 0.478 e. The fraction of sp³-hybridized carbons (Fsp3) is 0.316. The predicted molar refractivity (Wildman–Crippen MR) is 98.1 cm³/mol. The molecule has 2 aromatic rings. The molecule has 0 aliphatic carbocycles. The Morgan fingerprint density at radius 1 is 1.30 bits per heavy atom. The smallest absolute Gasteiger partial charge is 0.328 e. The average molecular weight is 371 g/mol. The van der Waals surface area contributed by atoms with Crippen LogP contribution < -0.4 is 0 Å². The number of aromatic nitrogens is 1. The van der Waals surface area contributed by atoms with Crippen LogP contribution in [0.1, 0.15) is 18.1 Å². The number of nitrogens with one attached hydrogen (secondary N) is 1. The quantitative estimate of drug-likeness (QED) is 0.703. The fourth-order valence-electron chi connectivity index (χ4n) is 2.94. The van der Waals surface area contributed by atoms with E-state index in [9.17, 15) is 9.59 Å². The molecular weight excluding hydrogens is 350 g/mol. The monoisotopic (exact) mass is 371 g/mol. The summed E-state index contributed by atoms with van der Waals surface area (Å²) in [4.78, 5) is 24.6. The molecule has 2 atom stereocenters. The number of benzene rings is 1. The van der Waals surface area contributed by atoms with Crippen molar-refractivity contribution in [1.82, 2.24) is 9.88 Å². The lowest BCUT2D eigenvalue weighted by atomic mass is 10.0. The van der Waals surface area contributed by atoms with Crippen molar-refractivity contribution < 1.29 is 24.5 Å². The van der Waals surface area contributed by atoms with Crippen molar-refractivity contribution in [2.75, 3.05) is 20.1 Å². The van der Waals surface area contributed by atoms with Crippen LogP contribution in [-0.2, 0) is 14.3 Å². The van der Waals surface area contributed by atoms with Crippen molar-refractivity contribution in [3.63, 3.8) is 0 Å². The van der Waals surface area contributed by atoms with Crippen LogP contribution in [0.4, 0.5) is 0 Å². The Bertz CT molecular complexity index is 852. The number of aromatic amines is 1. The second kappa shape index (κ2) is 9.52. The van der Waals surface area contributed by atoms with Gasteiger partial charge in [-0.3, -0.25) is 0 Å². The van der Waals surface area contributed by atoms with Gasteiger partial charge in [-0.1, -0.05) is 12.1 Å². The Morgan fingerprint density at radius 2 is 2.00 bits per heavy atom. The topological polar surface area (TPSA) is 127 Å². The van der Waals surface area contributed by atoms with Crippen molar-refractivity contribution in [2.24, 2.45) is 0 Å². The number of H-pyrrole nitrogens is 1. The minimum absolute atomic E-state index is 0.00273. The minimum atomic E-state index is -1.26. The van der Waals surface area contributed by atoms with E-state index >= 15 is 0 Å². The number of hydrogen-bond acceptors (Lipinski definition) is 5. The summed E-state index contributed by atoms with van der Waals surface area (Å²) in [7, 11) is 2.08. The van der Waals surface area contributed by atoms with Crippen LogP contribution in [0.5, 0.6) is 0 Å². The maximum absolute atomic E-state index is 9.55. The Balaban J connectivity index is 0.000000279. The zero-order valence-corrected chi connectivity index (χ0v) is 14.8. The third-order valence-electron chi connectivity index (χ3n) is 4.01. The highest BCUT2D eigenvalue weighted by atomic mass is 16.5. The highest BCUT2D eigenvalue weighted by Crippen LogP contribution is 2.30. The van der Waals surface area contributed by atoms with Crippen LogP contribution in [0.2, 0.25) is 0 Å². The van der Waals surface area contributed by atoms with Crippen LogP contribution in [0.15, 0.2) is 42.6 Å². The number of hydrogen-bond donors (Lipinski definition) is 3. The standard InChI is InChI=1S/C15H17N3O.C4H4O4/c1-18-9-11(5-7-16)19-15(10-18)13-3-2-4-14-12(13)6-8-17-14;5-3(6)1-2-4(7)8/h2-4,6,8,11,15,17H,5,9-10H2,1H3;1-2H,(H,5,6)(H,7,8)/b;2-1+/t11-,15-;/m1./s1. The molecule has 1 saturated heterocycles. The second-order valence-electron chi connectivity index (χ2n) is 6.13. The van der Waals surface area contributed by atoms with E-state index in [1.54, 1.807) is 0 Å². The van der Waals surface area contributed by atoms with E-state index < -0.39 is 11.9 Å². The first-order valence-electron chi connectivity index (χ1n) is 8.31. The fourth-order valence-corrected chi connectivity index (χ4v) is 2.94. The Morgan fingerprint density at radius 3 is 2.63 bits per heavy atom. The summed E-state index contributed by atoms with van der Waals surface area (Å²) in [6.45, 7) is 1.69. The molecule has 0 bridgehead atoms. The van der Waals surface area contributed by atoms with E-state index in [4.69, 9.17) is 20.2 Å². The van der Waals surface area contributed by atoms with Crippen LogP contribution in [0, 0.1) is 11.3 Å². The van der Waals surface area contributed by atoms with Gasteiger partial charge >= 0.3 is 11.9 Å². The molecule has 3 rings (SSSR count). The van der Waals surface area contributed by atoms with Crippen molar-refractivity contribution in [3.8, 4) is 6.07 Å². The summed E-state index contributed by atoms with van der Waals surface area (Å²) in [6.07, 6.45) is 3.56. The van der Waals surface area contributed by atoms with E-state index in [2.05, 4.69) is 41.2 Å². The lowest BCUT2D eigenvalue weighted by Gasteiger charge is -2.35. The van der Waals surface area contributed by atoms with Gasteiger partial charge in [-0.25, -0.2) is 9.59 Å². The maximum atomic E-state index is 9.55. The van der Waals surface area contributed by atoms with Gasteiger partial charge in [0.2, 0.25) is 0 Å². The van der Waals surface area contributed by atoms with Gasteiger partial charge < -0.3 is 24.8 Å².